The van der Waals surface area contributed by atoms with Gasteiger partial charge < -0.3 is 15.0 Å². The molecule has 2 fully saturated rings. The summed E-state index contributed by atoms with van der Waals surface area (Å²) < 4.78 is 6.68. The van der Waals surface area contributed by atoms with Crippen LogP contribution in [0.25, 0.3) is 10.2 Å². The van der Waals surface area contributed by atoms with E-state index in [9.17, 15) is 0 Å². The number of fused-ring (bicyclic) bond motifs is 1. The number of hydrogen-bond acceptors (Lipinski definition) is 5. The summed E-state index contributed by atoms with van der Waals surface area (Å²) in [6, 6.07) is 8.42. The van der Waals surface area contributed by atoms with E-state index in [-0.39, 0.29) is 0 Å². The van der Waals surface area contributed by atoms with Gasteiger partial charge in [-0.05, 0) is 37.2 Å². The van der Waals surface area contributed by atoms with Gasteiger partial charge in [0.2, 0.25) is 0 Å². The number of thiazole rings is 1. The number of para-hydroxylation sites is 1. The van der Waals surface area contributed by atoms with Crippen molar-refractivity contribution in [1.82, 2.24) is 20.1 Å². The molecule has 1 aromatic heterocycles. The second kappa shape index (κ2) is 8.61. The third-order valence-corrected chi connectivity index (χ3v) is 6.78. The fourth-order valence-electron chi connectivity index (χ4n) is 3.69. The van der Waals surface area contributed by atoms with E-state index in [1.807, 2.05) is 11.3 Å². The van der Waals surface area contributed by atoms with Crippen molar-refractivity contribution >= 4 is 38.9 Å². The van der Waals surface area contributed by atoms with Gasteiger partial charge in [-0.2, -0.15) is 0 Å². The quantitative estimate of drug-likeness (QED) is 0.810. The van der Waals surface area contributed by atoms with Crippen LogP contribution in [0.4, 0.5) is 0 Å². The predicted octanol–water partition coefficient (Wildman–Crippen LogP) is 2.68. The average Bonchev–Trinajstić information content (AvgIpc) is 3.13. The van der Waals surface area contributed by atoms with Crippen molar-refractivity contribution in [1.29, 1.82) is 0 Å². The van der Waals surface area contributed by atoms with Crippen molar-refractivity contribution < 1.29 is 4.74 Å². The first kappa shape index (κ1) is 18.1. The topological polar surface area (TPSA) is 40.6 Å². The molecule has 1 aromatic carbocycles. The molecular formula is C19H26N4OS2. The van der Waals surface area contributed by atoms with Crippen LogP contribution in [0.15, 0.2) is 24.3 Å². The van der Waals surface area contributed by atoms with Gasteiger partial charge in [-0.1, -0.05) is 12.1 Å². The molecule has 3 heterocycles. The minimum atomic E-state index is 0.486. The average molecular weight is 391 g/mol. The summed E-state index contributed by atoms with van der Waals surface area (Å²) in [4.78, 5) is 9.62. The van der Waals surface area contributed by atoms with Crippen LogP contribution in [0.2, 0.25) is 0 Å². The smallest absolute Gasteiger partial charge is 0.168 e. The van der Waals surface area contributed by atoms with Crippen LogP contribution < -0.4 is 5.32 Å². The van der Waals surface area contributed by atoms with Gasteiger partial charge in [-0.3, -0.25) is 4.90 Å². The largest absolute Gasteiger partial charge is 0.379 e. The fourth-order valence-corrected chi connectivity index (χ4v) is 5.05. The normalized spacial score (nSPS) is 21.8. The van der Waals surface area contributed by atoms with E-state index in [4.69, 9.17) is 21.9 Å². The summed E-state index contributed by atoms with van der Waals surface area (Å²) in [5.41, 5.74) is 1.12. The molecule has 0 saturated carbocycles. The lowest BCUT2D eigenvalue weighted by Gasteiger charge is -2.34. The highest BCUT2D eigenvalue weighted by molar-refractivity contribution is 7.80. The molecule has 7 heteroatoms. The maximum absolute atomic E-state index is 5.66. The van der Waals surface area contributed by atoms with Crippen LogP contribution in [-0.4, -0.2) is 72.4 Å². The molecule has 2 aromatic rings. The first-order chi connectivity index (χ1) is 12.8. The first-order valence-electron chi connectivity index (χ1n) is 9.48. The molecule has 2 aliphatic heterocycles. The highest BCUT2D eigenvalue weighted by Gasteiger charge is 2.25. The number of piperidine rings is 1. The third kappa shape index (κ3) is 4.34. The van der Waals surface area contributed by atoms with Gasteiger partial charge in [0, 0.05) is 45.2 Å². The summed E-state index contributed by atoms with van der Waals surface area (Å²) >= 11 is 7.50. The summed E-state index contributed by atoms with van der Waals surface area (Å²) in [5, 5.41) is 5.61. The summed E-state index contributed by atoms with van der Waals surface area (Å²) in [6.45, 7) is 7.70. The minimum Gasteiger partial charge on any atom is -0.379 e. The van der Waals surface area contributed by atoms with Crippen molar-refractivity contribution in [2.75, 3.05) is 52.5 Å². The Bertz CT molecular complexity index is 711. The number of hydrogen-bond donors (Lipinski definition) is 1. The lowest BCUT2D eigenvalue weighted by atomic mass is 9.99. The Morgan fingerprint density at radius 3 is 2.96 bits per heavy atom. The molecule has 4 rings (SSSR count). The number of ether oxygens (including phenoxy) is 1. The second-order valence-electron chi connectivity index (χ2n) is 6.99. The molecule has 2 aliphatic rings. The van der Waals surface area contributed by atoms with Crippen molar-refractivity contribution in [2.24, 2.45) is 0 Å². The number of morpholine rings is 1. The summed E-state index contributed by atoms with van der Waals surface area (Å²) in [5.74, 6) is 0.486. The molecule has 1 atom stereocenters. The van der Waals surface area contributed by atoms with Gasteiger partial charge in [-0.25, -0.2) is 4.98 Å². The Labute approximate surface area is 164 Å². The number of nitrogens with zero attached hydrogens (tertiary/aromatic N) is 3. The zero-order chi connectivity index (χ0) is 17.8. The van der Waals surface area contributed by atoms with Crippen molar-refractivity contribution in [3.8, 4) is 0 Å². The first-order valence-corrected chi connectivity index (χ1v) is 10.7. The van der Waals surface area contributed by atoms with Gasteiger partial charge in [0.15, 0.2) is 5.11 Å². The van der Waals surface area contributed by atoms with Gasteiger partial charge in [0.05, 0.1) is 28.4 Å². The molecule has 0 radical (unpaired) electrons. The third-order valence-electron chi connectivity index (χ3n) is 5.18. The maximum atomic E-state index is 5.66. The van der Waals surface area contributed by atoms with Crippen LogP contribution in [0.5, 0.6) is 0 Å². The molecule has 1 N–H and O–H groups in total. The fraction of sp³-hybridized carbons (Fsp3) is 0.579. The van der Waals surface area contributed by atoms with E-state index in [0.29, 0.717) is 5.92 Å². The zero-order valence-corrected chi connectivity index (χ0v) is 16.7. The Hall–Kier alpha value is -1.28. The number of thiocarbonyl (C=S) groups is 1. The SMILES string of the molecule is S=C(NCCN1CCOCC1)N1CCC[C@@H](c2nc3ccccc3s2)C1. The van der Waals surface area contributed by atoms with Gasteiger partial charge >= 0.3 is 0 Å². The van der Waals surface area contributed by atoms with Crippen LogP contribution >= 0.6 is 23.6 Å². The van der Waals surface area contributed by atoms with E-state index in [1.54, 1.807) is 0 Å². The molecule has 0 bridgehead atoms. The number of rotatable bonds is 4. The van der Waals surface area contributed by atoms with E-state index in [1.165, 1.54) is 22.5 Å². The predicted molar refractivity (Wildman–Crippen MR) is 111 cm³/mol. The number of likely N-dealkylation sites (tertiary alicyclic amines) is 1. The lowest BCUT2D eigenvalue weighted by Crippen LogP contribution is -2.47. The monoisotopic (exact) mass is 390 g/mol. The number of benzene rings is 1. The van der Waals surface area contributed by atoms with Crippen molar-refractivity contribution in [3.05, 3.63) is 29.3 Å². The Kier molecular flexibility index (Phi) is 5.99. The maximum Gasteiger partial charge on any atom is 0.168 e. The van der Waals surface area contributed by atoms with Crippen LogP contribution in [-0.2, 0) is 4.74 Å². The molecule has 0 spiro atoms. The highest BCUT2D eigenvalue weighted by Crippen LogP contribution is 2.32. The van der Waals surface area contributed by atoms with E-state index >= 15 is 0 Å². The number of nitrogens with one attached hydrogen (secondary N) is 1. The Morgan fingerprint density at radius 2 is 2.12 bits per heavy atom. The number of aromatic nitrogens is 1. The highest BCUT2D eigenvalue weighted by atomic mass is 32.1. The van der Waals surface area contributed by atoms with E-state index in [0.717, 1.165) is 63.1 Å². The molecule has 5 nitrogen and oxygen atoms in total. The minimum absolute atomic E-state index is 0.486. The summed E-state index contributed by atoms with van der Waals surface area (Å²) in [6.07, 6.45) is 2.37. The van der Waals surface area contributed by atoms with Crippen molar-refractivity contribution in [3.63, 3.8) is 0 Å². The second-order valence-corrected chi connectivity index (χ2v) is 8.44. The standard InChI is InChI=1S/C19H26N4OS2/c25-19(20-7-9-22-10-12-24-13-11-22)23-8-3-4-15(14-23)18-21-16-5-1-2-6-17(16)26-18/h1-2,5-6,15H,3-4,7-14H2,(H,20,25)/t15-/m1/s1. The van der Waals surface area contributed by atoms with Crippen LogP contribution in [0.3, 0.4) is 0 Å². The molecule has 0 unspecified atom stereocenters. The molecule has 26 heavy (non-hydrogen) atoms. The molecule has 140 valence electrons. The van der Waals surface area contributed by atoms with Gasteiger partial charge in [0.25, 0.3) is 0 Å². The van der Waals surface area contributed by atoms with Crippen LogP contribution in [0.1, 0.15) is 23.8 Å². The molecule has 0 aliphatic carbocycles. The zero-order valence-electron chi connectivity index (χ0n) is 15.0. The summed E-state index contributed by atoms with van der Waals surface area (Å²) in [7, 11) is 0. The van der Waals surface area contributed by atoms with E-state index in [2.05, 4.69) is 39.4 Å². The molecule has 0 amide bonds. The Balaban J connectivity index is 1.30. The lowest BCUT2D eigenvalue weighted by molar-refractivity contribution is 0.0388. The molecular weight excluding hydrogens is 364 g/mol. The Morgan fingerprint density at radius 1 is 1.27 bits per heavy atom. The van der Waals surface area contributed by atoms with Crippen molar-refractivity contribution in [2.45, 2.75) is 18.8 Å². The van der Waals surface area contributed by atoms with Gasteiger partial charge in [0.1, 0.15) is 0 Å². The van der Waals surface area contributed by atoms with Gasteiger partial charge in [-0.15, -0.1) is 11.3 Å². The molecule has 2 saturated heterocycles. The van der Waals surface area contributed by atoms with Crippen LogP contribution in [0, 0.1) is 0 Å². The van der Waals surface area contributed by atoms with E-state index < -0.39 is 0 Å².